The Bertz CT molecular complexity index is 558. The highest BCUT2D eigenvalue weighted by molar-refractivity contribution is 9.10. The number of hydrogen-bond acceptors (Lipinski definition) is 1. The van der Waals surface area contributed by atoms with Crippen molar-refractivity contribution < 1.29 is 5.11 Å². The molecule has 0 bridgehead atoms. The average molecular weight is 319 g/mol. The van der Waals surface area contributed by atoms with Crippen molar-refractivity contribution >= 4 is 15.9 Å². The van der Waals surface area contributed by atoms with Crippen molar-refractivity contribution in [2.24, 2.45) is 0 Å². The maximum atomic E-state index is 10.4. The van der Waals surface area contributed by atoms with Crippen LogP contribution < -0.4 is 0 Å². The highest BCUT2D eigenvalue weighted by Gasteiger charge is 2.11. The molecular formula is C17H19BrO. The Morgan fingerprint density at radius 2 is 1.42 bits per heavy atom. The fourth-order valence-electron chi connectivity index (χ4n) is 2.09. The van der Waals surface area contributed by atoms with Crippen LogP contribution in [0.2, 0.25) is 0 Å². The molecule has 0 amide bonds. The molecule has 0 aromatic heterocycles. The summed E-state index contributed by atoms with van der Waals surface area (Å²) in [7, 11) is 0. The summed E-state index contributed by atoms with van der Waals surface area (Å²) in [4.78, 5) is 0. The highest BCUT2D eigenvalue weighted by Crippen LogP contribution is 2.27. The summed E-state index contributed by atoms with van der Waals surface area (Å²) in [5.74, 6) is 0.515. The van der Waals surface area contributed by atoms with E-state index in [1.54, 1.807) is 0 Å². The van der Waals surface area contributed by atoms with Gasteiger partial charge in [0.15, 0.2) is 0 Å². The van der Waals surface area contributed by atoms with Crippen molar-refractivity contribution in [2.45, 2.75) is 32.8 Å². The van der Waals surface area contributed by atoms with Crippen LogP contribution in [0.1, 0.15) is 48.1 Å². The Kier molecular flexibility index (Phi) is 4.43. The van der Waals surface area contributed by atoms with Gasteiger partial charge in [-0.05, 0) is 41.2 Å². The molecule has 0 spiro atoms. The number of aryl methyl sites for hydroxylation is 1. The first-order valence-corrected chi connectivity index (χ1v) is 7.32. The molecule has 0 radical (unpaired) electrons. The van der Waals surface area contributed by atoms with Gasteiger partial charge in [-0.2, -0.15) is 0 Å². The van der Waals surface area contributed by atoms with Gasteiger partial charge in [0, 0.05) is 4.47 Å². The van der Waals surface area contributed by atoms with E-state index in [2.05, 4.69) is 41.9 Å². The molecular weight excluding hydrogens is 300 g/mol. The quantitative estimate of drug-likeness (QED) is 0.847. The van der Waals surface area contributed by atoms with Crippen LogP contribution in [0.25, 0.3) is 0 Å². The van der Waals surface area contributed by atoms with E-state index in [0.29, 0.717) is 5.92 Å². The van der Waals surface area contributed by atoms with Crippen LogP contribution >= 0.6 is 15.9 Å². The molecule has 2 heteroatoms. The zero-order valence-corrected chi connectivity index (χ0v) is 13.1. The summed E-state index contributed by atoms with van der Waals surface area (Å²) < 4.78 is 1.07. The molecule has 1 atom stereocenters. The Morgan fingerprint density at radius 3 is 1.95 bits per heavy atom. The van der Waals surface area contributed by atoms with Gasteiger partial charge in [0.25, 0.3) is 0 Å². The molecule has 19 heavy (non-hydrogen) atoms. The van der Waals surface area contributed by atoms with E-state index in [-0.39, 0.29) is 0 Å². The molecule has 0 saturated heterocycles. The van der Waals surface area contributed by atoms with Gasteiger partial charge < -0.3 is 5.11 Å². The second-order valence-corrected chi connectivity index (χ2v) is 6.09. The van der Waals surface area contributed by atoms with Crippen molar-refractivity contribution in [1.82, 2.24) is 0 Å². The van der Waals surface area contributed by atoms with Crippen LogP contribution in [-0.2, 0) is 0 Å². The van der Waals surface area contributed by atoms with E-state index in [9.17, 15) is 5.11 Å². The van der Waals surface area contributed by atoms with E-state index in [1.807, 2.05) is 37.3 Å². The predicted molar refractivity (Wildman–Crippen MR) is 83.5 cm³/mol. The van der Waals surface area contributed by atoms with Gasteiger partial charge in [-0.1, -0.05) is 66.2 Å². The van der Waals surface area contributed by atoms with Crippen LogP contribution in [0.4, 0.5) is 0 Å². The number of hydrogen-bond donors (Lipinski definition) is 1. The first kappa shape index (κ1) is 14.3. The van der Waals surface area contributed by atoms with Gasteiger partial charge in [-0.25, -0.2) is 0 Å². The first-order chi connectivity index (χ1) is 8.99. The molecule has 2 rings (SSSR count). The third-order valence-electron chi connectivity index (χ3n) is 3.42. The van der Waals surface area contributed by atoms with E-state index < -0.39 is 6.10 Å². The van der Waals surface area contributed by atoms with Crippen LogP contribution in [-0.4, -0.2) is 5.11 Å². The lowest BCUT2D eigenvalue weighted by atomic mass is 9.96. The Balaban J connectivity index is 2.27. The summed E-state index contributed by atoms with van der Waals surface area (Å²) in [6.07, 6.45) is -0.562. The summed E-state index contributed by atoms with van der Waals surface area (Å²) in [5, 5.41) is 10.4. The van der Waals surface area contributed by atoms with Crippen molar-refractivity contribution in [3.05, 3.63) is 69.2 Å². The number of halogens is 1. The topological polar surface area (TPSA) is 20.2 Å². The number of aliphatic hydroxyl groups is 1. The Labute approximate surface area is 123 Å². The molecule has 100 valence electrons. The monoisotopic (exact) mass is 318 g/mol. The van der Waals surface area contributed by atoms with Crippen LogP contribution in [0.3, 0.4) is 0 Å². The minimum atomic E-state index is -0.562. The molecule has 1 unspecified atom stereocenters. The lowest BCUT2D eigenvalue weighted by molar-refractivity contribution is 0.220. The zero-order valence-electron chi connectivity index (χ0n) is 11.5. The SMILES string of the molecule is Cc1cc(C(O)c2ccc(C(C)C)cc2)ccc1Br. The largest absolute Gasteiger partial charge is 0.384 e. The highest BCUT2D eigenvalue weighted by atomic mass is 79.9. The second kappa shape index (κ2) is 5.89. The van der Waals surface area contributed by atoms with Crippen molar-refractivity contribution in [2.75, 3.05) is 0 Å². The van der Waals surface area contributed by atoms with Gasteiger partial charge in [0.1, 0.15) is 6.10 Å². The number of benzene rings is 2. The first-order valence-electron chi connectivity index (χ1n) is 6.53. The van der Waals surface area contributed by atoms with Crippen molar-refractivity contribution in [3.63, 3.8) is 0 Å². The standard InChI is InChI=1S/C17H19BrO/c1-11(2)13-4-6-14(7-5-13)17(19)15-8-9-16(18)12(3)10-15/h4-11,17,19H,1-3H3. The number of aliphatic hydroxyl groups excluding tert-OH is 1. The summed E-state index contributed by atoms with van der Waals surface area (Å²) >= 11 is 3.48. The lowest BCUT2D eigenvalue weighted by Crippen LogP contribution is -2.00. The molecule has 1 N–H and O–H groups in total. The normalized spacial score (nSPS) is 12.7. The number of rotatable bonds is 3. The van der Waals surface area contributed by atoms with E-state index in [0.717, 1.165) is 21.2 Å². The van der Waals surface area contributed by atoms with Crippen LogP contribution in [0.15, 0.2) is 46.9 Å². The van der Waals surface area contributed by atoms with Crippen molar-refractivity contribution in [3.8, 4) is 0 Å². The molecule has 0 aliphatic rings. The third kappa shape index (κ3) is 3.26. The summed E-state index contributed by atoms with van der Waals surface area (Å²) in [6, 6.07) is 14.2. The van der Waals surface area contributed by atoms with E-state index in [1.165, 1.54) is 5.56 Å². The molecule has 0 saturated carbocycles. The summed E-state index contributed by atoms with van der Waals surface area (Å²) in [5.41, 5.74) is 4.29. The van der Waals surface area contributed by atoms with Gasteiger partial charge in [-0.3, -0.25) is 0 Å². The molecule has 2 aromatic carbocycles. The Morgan fingerprint density at radius 1 is 0.895 bits per heavy atom. The fraction of sp³-hybridized carbons (Fsp3) is 0.294. The molecule has 0 aliphatic carbocycles. The minimum Gasteiger partial charge on any atom is -0.384 e. The Hall–Kier alpha value is -1.12. The molecule has 0 aliphatic heterocycles. The van der Waals surface area contributed by atoms with E-state index >= 15 is 0 Å². The minimum absolute atomic E-state index is 0.515. The van der Waals surface area contributed by atoms with E-state index in [4.69, 9.17) is 0 Å². The van der Waals surface area contributed by atoms with Gasteiger partial charge >= 0.3 is 0 Å². The second-order valence-electron chi connectivity index (χ2n) is 5.23. The lowest BCUT2D eigenvalue weighted by Gasteiger charge is -2.14. The fourth-order valence-corrected chi connectivity index (χ4v) is 2.34. The summed E-state index contributed by atoms with van der Waals surface area (Å²) in [6.45, 7) is 6.37. The van der Waals surface area contributed by atoms with Gasteiger partial charge in [0.05, 0.1) is 0 Å². The van der Waals surface area contributed by atoms with Crippen LogP contribution in [0.5, 0.6) is 0 Å². The average Bonchev–Trinajstić information content (AvgIpc) is 2.41. The van der Waals surface area contributed by atoms with Gasteiger partial charge in [0.2, 0.25) is 0 Å². The predicted octanol–water partition coefficient (Wildman–Crippen LogP) is 4.96. The maximum Gasteiger partial charge on any atom is 0.104 e. The van der Waals surface area contributed by atoms with Gasteiger partial charge in [-0.15, -0.1) is 0 Å². The molecule has 0 fully saturated rings. The third-order valence-corrected chi connectivity index (χ3v) is 4.31. The van der Waals surface area contributed by atoms with Crippen molar-refractivity contribution in [1.29, 1.82) is 0 Å². The molecule has 1 nitrogen and oxygen atoms in total. The molecule has 2 aromatic rings. The molecule has 0 heterocycles. The zero-order chi connectivity index (χ0) is 14.0. The smallest absolute Gasteiger partial charge is 0.104 e. The maximum absolute atomic E-state index is 10.4. The van der Waals surface area contributed by atoms with Crippen LogP contribution in [0, 0.1) is 6.92 Å².